The Hall–Kier alpha value is -1.98. The Morgan fingerprint density at radius 1 is 1.14 bits per heavy atom. The second kappa shape index (κ2) is 8.58. The first-order valence-corrected chi connectivity index (χ1v) is 10.5. The van der Waals surface area contributed by atoms with Gasteiger partial charge in [0.15, 0.2) is 0 Å². The van der Waals surface area contributed by atoms with Crippen molar-refractivity contribution in [1.82, 2.24) is 19.8 Å². The highest BCUT2D eigenvalue weighted by atomic mass is 35.5. The molecule has 1 aromatic heterocycles. The number of likely N-dealkylation sites (tertiary alicyclic amines) is 2. The molecule has 5 nitrogen and oxygen atoms in total. The van der Waals surface area contributed by atoms with Gasteiger partial charge < -0.3 is 9.80 Å². The predicted molar refractivity (Wildman–Crippen MR) is 111 cm³/mol. The van der Waals surface area contributed by atoms with Gasteiger partial charge in [0.1, 0.15) is 0 Å². The molecule has 1 atom stereocenters. The van der Waals surface area contributed by atoms with Crippen molar-refractivity contribution in [3.05, 3.63) is 47.4 Å². The Balaban J connectivity index is 1.47. The lowest BCUT2D eigenvalue weighted by molar-refractivity contribution is -0.138. The molecule has 0 bridgehead atoms. The van der Waals surface area contributed by atoms with Crippen molar-refractivity contribution in [2.24, 2.45) is 5.92 Å². The van der Waals surface area contributed by atoms with Crippen LogP contribution in [0.2, 0.25) is 5.02 Å². The van der Waals surface area contributed by atoms with E-state index in [1.165, 1.54) is 0 Å². The van der Waals surface area contributed by atoms with Crippen LogP contribution in [0, 0.1) is 5.92 Å². The monoisotopic (exact) mass is 398 g/mol. The van der Waals surface area contributed by atoms with Gasteiger partial charge in [0, 0.05) is 41.7 Å². The standard InChI is InChI=1S/C22H27ClN4O/c1-26-10-7-16(8-11-26)22(28)27-9-3-5-18(15-27)21-14-24-13-20(25-21)17-4-2-6-19(23)12-17/h2,4,6,12-14,16,18H,3,5,7-11,15H2,1H3/t18-/m0/s1. The molecule has 1 amide bonds. The second-order valence-corrected chi connectivity index (χ2v) is 8.48. The average molecular weight is 399 g/mol. The van der Waals surface area contributed by atoms with Crippen LogP contribution in [-0.2, 0) is 4.79 Å². The number of hydrogen-bond donors (Lipinski definition) is 0. The number of carbonyl (C=O) groups excluding carboxylic acids is 1. The van der Waals surface area contributed by atoms with Crippen molar-refractivity contribution in [3.8, 4) is 11.3 Å². The van der Waals surface area contributed by atoms with Crippen LogP contribution < -0.4 is 0 Å². The molecular formula is C22H27ClN4O. The Bertz CT molecular complexity index is 835. The number of halogens is 1. The van der Waals surface area contributed by atoms with Gasteiger partial charge >= 0.3 is 0 Å². The molecule has 3 heterocycles. The molecule has 0 aliphatic carbocycles. The maximum atomic E-state index is 13.0. The van der Waals surface area contributed by atoms with Crippen molar-refractivity contribution < 1.29 is 4.79 Å². The summed E-state index contributed by atoms with van der Waals surface area (Å²) in [6.07, 6.45) is 7.64. The summed E-state index contributed by atoms with van der Waals surface area (Å²) in [6, 6.07) is 7.69. The largest absolute Gasteiger partial charge is 0.342 e. The zero-order valence-corrected chi connectivity index (χ0v) is 17.1. The molecule has 2 fully saturated rings. The molecule has 0 saturated carbocycles. The quantitative estimate of drug-likeness (QED) is 0.788. The summed E-state index contributed by atoms with van der Waals surface area (Å²) in [5, 5.41) is 0.692. The molecule has 0 spiro atoms. The van der Waals surface area contributed by atoms with E-state index < -0.39 is 0 Å². The smallest absolute Gasteiger partial charge is 0.225 e. The minimum absolute atomic E-state index is 0.179. The van der Waals surface area contributed by atoms with Gasteiger partial charge in [-0.1, -0.05) is 23.7 Å². The fraction of sp³-hybridized carbons (Fsp3) is 0.500. The first-order valence-electron chi connectivity index (χ1n) is 10.2. The SMILES string of the molecule is CN1CCC(C(=O)N2CCC[C@H](c3cncc(-c4cccc(Cl)c4)n3)C2)CC1. The third kappa shape index (κ3) is 4.36. The average Bonchev–Trinajstić information content (AvgIpc) is 2.74. The lowest BCUT2D eigenvalue weighted by Gasteiger charge is -2.37. The van der Waals surface area contributed by atoms with Crippen LogP contribution in [0.25, 0.3) is 11.3 Å². The Labute approximate surface area is 171 Å². The normalized spacial score (nSPS) is 21.6. The van der Waals surface area contributed by atoms with Crippen molar-refractivity contribution >= 4 is 17.5 Å². The number of benzene rings is 1. The minimum atomic E-state index is 0.179. The highest BCUT2D eigenvalue weighted by Gasteiger charge is 2.31. The van der Waals surface area contributed by atoms with E-state index in [1.54, 1.807) is 6.20 Å². The van der Waals surface area contributed by atoms with E-state index >= 15 is 0 Å². The van der Waals surface area contributed by atoms with Crippen LogP contribution in [0.1, 0.15) is 37.3 Å². The van der Waals surface area contributed by atoms with E-state index in [9.17, 15) is 4.79 Å². The second-order valence-electron chi connectivity index (χ2n) is 8.04. The molecule has 0 unspecified atom stereocenters. The zero-order valence-electron chi connectivity index (χ0n) is 16.4. The van der Waals surface area contributed by atoms with Gasteiger partial charge in [-0.2, -0.15) is 0 Å². The summed E-state index contributed by atoms with van der Waals surface area (Å²) >= 11 is 6.12. The molecule has 2 aliphatic heterocycles. The zero-order chi connectivity index (χ0) is 19.5. The fourth-order valence-corrected chi connectivity index (χ4v) is 4.49. The van der Waals surface area contributed by atoms with Crippen molar-refractivity contribution in [1.29, 1.82) is 0 Å². The molecule has 1 aromatic carbocycles. The molecule has 28 heavy (non-hydrogen) atoms. The third-order valence-corrected chi connectivity index (χ3v) is 6.23. The Kier molecular flexibility index (Phi) is 5.93. The summed E-state index contributed by atoms with van der Waals surface area (Å²) < 4.78 is 0. The number of nitrogens with zero attached hydrogens (tertiary/aromatic N) is 4. The van der Waals surface area contributed by atoms with E-state index in [-0.39, 0.29) is 11.8 Å². The van der Waals surface area contributed by atoms with Gasteiger partial charge in [-0.3, -0.25) is 9.78 Å². The Morgan fingerprint density at radius 3 is 2.75 bits per heavy atom. The molecule has 2 saturated heterocycles. The van der Waals surface area contributed by atoms with E-state index in [2.05, 4.69) is 21.8 Å². The summed E-state index contributed by atoms with van der Waals surface area (Å²) in [4.78, 5) is 26.7. The van der Waals surface area contributed by atoms with Gasteiger partial charge in [0.25, 0.3) is 0 Å². The molecule has 2 aliphatic rings. The van der Waals surface area contributed by atoms with Gasteiger partial charge in [-0.05, 0) is 58.0 Å². The molecule has 0 N–H and O–H groups in total. The molecular weight excluding hydrogens is 372 g/mol. The van der Waals surface area contributed by atoms with Crippen LogP contribution in [0.4, 0.5) is 0 Å². The highest BCUT2D eigenvalue weighted by Crippen LogP contribution is 2.29. The lowest BCUT2D eigenvalue weighted by atomic mass is 9.91. The molecule has 4 rings (SSSR count). The first-order chi connectivity index (χ1) is 13.6. The van der Waals surface area contributed by atoms with Crippen LogP contribution in [0.3, 0.4) is 0 Å². The van der Waals surface area contributed by atoms with E-state index in [0.29, 0.717) is 10.9 Å². The summed E-state index contributed by atoms with van der Waals surface area (Å²) in [6.45, 7) is 3.64. The van der Waals surface area contributed by atoms with Crippen molar-refractivity contribution in [2.45, 2.75) is 31.6 Å². The number of rotatable bonds is 3. The van der Waals surface area contributed by atoms with E-state index in [1.807, 2.05) is 30.5 Å². The van der Waals surface area contributed by atoms with Crippen molar-refractivity contribution in [2.75, 3.05) is 33.2 Å². The Morgan fingerprint density at radius 2 is 1.96 bits per heavy atom. The summed E-state index contributed by atoms with van der Waals surface area (Å²) in [7, 11) is 2.13. The maximum absolute atomic E-state index is 13.0. The lowest BCUT2D eigenvalue weighted by Crippen LogP contribution is -2.45. The topological polar surface area (TPSA) is 49.3 Å². The van der Waals surface area contributed by atoms with E-state index in [4.69, 9.17) is 16.6 Å². The summed E-state index contributed by atoms with van der Waals surface area (Å²) in [5.41, 5.74) is 2.77. The summed E-state index contributed by atoms with van der Waals surface area (Å²) in [5.74, 6) is 0.756. The molecule has 148 valence electrons. The molecule has 2 aromatic rings. The number of carbonyl (C=O) groups is 1. The first kappa shape index (κ1) is 19.3. The van der Waals surface area contributed by atoms with Gasteiger partial charge in [-0.25, -0.2) is 4.98 Å². The third-order valence-electron chi connectivity index (χ3n) is 5.99. The number of aromatic nitrogens is 2. The van der Waals surface area contributed by atoms with Gasteiger partial charge in [0.05, 0.1) is 17.6 Å². The fourth-order valence-electron chi connectivity index (χ4n) is 4.30. The predicted octanol–water partition coefficient (Wildman–Crippen LogP) is 3.84. The number of hydrogen-bond acceptors (Lipinski definition) is 4. The van der Waals surface area contributed by atoms with E-state index in [0.717, 1.165) is 68.8 Å². The van der Waals surface area contributed by atoms with Crippen LogP contribution in [0.15, 0.2) is 36.7 Å². The van der Waals surface area contributed by atoms with Gasteiger partial charge in [0.2, 0.25) is 5.91 Å². The van der Waals surface area contributed by atoms with Gasteiger partial charge in [-0.15, -0.1) is 0 Å². The number of amides is 1. The highest BCUT2D eigenvalue weighted by molar-refractivity contribution is 6.30. The molecule has 6 heteroatoms. The maximum Gasteiger partial charge on any atom is 0.225 e. The number of piperidine rings is 2. The van der Waals surface area contributed by atoms with Crippen LogP contribution >= 0.6 is 11.6 Å². The molecule has 0 radical (unpaired) electrons. The van der Waals surface area contributed by atoms with Crippen molar-refractivity contribution in [3.63, 3.8) is 0 Å². The van der Waals surface area contributed by atoms with Crippen LogP contribution in [0.5, 0.6) is 0 Å². The van der Waals surface area contributed by atoms with Crippen LogP contribution in [-0.4, -0.2) is 58.9 Å². The minimum Gasteiger partial charge on any atom is -0.342 e.